The lowest BCUT2D eigenvalue weighted by Gasteiger charge is -2.00. The van der Waals surface area contributed by atoms with Crippen molar-refractivity contribution in [2.24, 2.45) is 0 Å². The summed E-state index contributed by atoms with van der Waals surface area (Å²) in [7, 11) is 0. The van der Waals surface area contributed by atoms with Gasteiger partial charge in [-0.2, -0.15) is 0 Å². The Kier molecular flexibility index (Phi) is 1.38. The Bertz CT molecular complexity index is 492. The number of hydrogen-bond acceptors (Lipinski definition) is 2. The number of para-hydroxylation sites is 1. The summed E-state index contributed by atoms with van der Waals surface area (Å²) in [5, 5.41) is 1.19. The van der Waals surface area contributed by atoms with Crippen LogP contribution < -0.4 is 0 Å². The van der Waals surface area contributed by atoms with Gasteiger partial charge in [-0.15, -0.1) is 0 Å². The minimum atomic E-state index is -0.164. The Hall–Kier alpha value is -1.28. The lowest BCUT2D eigenvalue weighted by molar-refractivity contribution is 0.289. The van der Waals surface area contributed by atoms with E-state index >= 15 is 0 Å². The second kappa shape index (κ2) is 2.39. The molecule has 1 aromatic carbocycles. The van der Waals surface area contributed by atoms with Gasteiger partial charge in [0.25, 0.3) is 0 Å². The molecule has 3 rings (SSSR count). The summed E-state index contributed by atoms with van der Waals surface area (Å²) in [6, 6.07) is 8.11. The first kappa shape index (κ1) is 8.06. The van der Waals surface area contributed by atoms with E-state index in [4.69, 9.17) is 9.15 Å². The number of ether oxygens (including phenoxy) is 1. The van der Waals surface area contributed by atoms with Gasteiger partial charge in [0.2, 0.25) is 0 Å². The standard InChI is InChI=1S/C12H12O2/c1-8-9-5-3-4-6-10(9)14-11(8)12(2)7-13-12/h3-6H,7H2,1-2H3. The molecular formula is C12H12O2. The maximum absolute atomic E-state index is 5.80. The van der Waals surface area contributed by atoms with Gasteiger partial charge in [-0.3, -0.25) is 0 Å². The van der Waals surface area contributed by atoms with E-state index in [1.165, 1.54) is 10.9 Å². The molecule has 1 saturated heterocycles. The smallest absolute Gasteiger partial charge is 0.146 e. The van der Waals surface area contributed by atoms with Gasteiger partial charge < -0.3 is 9.15 Å². The molecule has 2 aromatic rings. The number of epoxide rings is 1. The fourth-order valence-electron chi connectivity index (χ4n) is 1.92. The van der Waals surface area contributed by atoms with E-state index in [0.29, 0.717) is 0 Å². The normalized spacial score (nSPS) is 25.6. The summed E-state index contributed by atoms with van der Waals surface area (Å²) in [5.74, 6) is 0.985. The van der Waals surface area contributed by atoms with Crippen LogP contribution in [0.2, 0.25) is 0 Å². The van der Waals surface area contributed by atoms with Crippen molar-refractivity contribution in [3.63, 3.8) is 0 Å². The minimum absolute atomic E-state index is 0.164. The van der Waals surface area contributed by atoms with Crippen LogP contribution in [0.25, 0.3) is 11.0 Å². The predicted molar refractivity (Wildman–Crippen MR) is 54.3 cm³/mol. The molecule has 0 radical (unpaired) electrons. The molecule has 0 aliphatic carbocycles. The summed E-state index contributed by atoms with van der Waals surface area (Å²) in [6.07, 6.45) is 0. The number of aryl methyl sites for hydroxylation is 1. The number of benzene rings is 1. The first-order valence-electron chi connectivity index (χ1n) is 4.83. The van der Waals surface area contributed by atoms with Gasteiger partial charge in [0.15, 0.2) is 0 Å². The third-order valence-electron chi connectivity index (χ3n) is 2.90. The number of furan rings is 1. The number of rotatable bonds is 1. The molecule has 2 heterocycles. The summed E-state index contributed by atoms with van der Waals surface area (Å²) in [5.41, 5.74) is 2.00. The molecule has 1 aliphatic heterocycles. The molecule has 1 aliphatic rings. The van der Waals surface area contributed by atoms with Crippen LogP contribution in [0.4, 0.5) is 0 Å². The quantitative estimate of drug-likeness (QED) is 0.643. The van der Waals surface area contributed by atoms with E-state index in [1.807, 2.05) is 18.2 Å². The molecule has 0 saturated carbocycles. The lowest BCUT2D eigenvalue weighted by Crippen LogP contribution is -2.01. The molecule has 0 spiro atoms. The average molecular weight is 188 g/mol. The van der Waals surface area contributed by atoms with Gasteiger partial charge in [-0.1, -0.05) is 18.2 Å². The zero-order valence-corrected chi connectivity index (χ0v) is 8.33. The Balaban J connectivity index is 2.31. The van der Waals surface area contributed by atoms with Crippen LogP contribution in [0.3, 0.4) is 0 Å². The zero-order valence-electron chi connectivity index (χ0n) is 8.33. The molecule has 1 aromatic heterocycles. The Morgan fingerprint density at radius 3 is 2.64 bits per heavy atom. The monoisotopic (exact) mass is 188 g/mol. The molecular weight excluding hydrogens is 176 g/mol. The number of fused-ring (bicyclic) bond motifs is 1. The van der Waals surface area contributed by atoms with Crippen molar-refractivity contribution >= 4 is 11.0 Å². The van der Waals surface area contributed by atoms with Crippen LogP contribution >= 0.6 is 0 Å². The lowest BCUT2D eigenvalue weighted by atomic mass is 10.0. The van der Waals surface area contributed by atoms with Crippen molar-refractivity contribution in [1.29, 1.82) is 0 Å². The van der Waals surface area contributed by atoms with Crippen molar-refractivity contribution in [1.82, 2.24) is 0 Å². The fourth-order valence-corrected chi connectivity index (χ4v) is 1.92. The maximum Gasteiger partial charge on any atom is 0.146 e. The highest BCUT2D eigenvalue weighted by Crippen LogP contribution is 2.42. The van der Waals surface area contributed by atoms with Crippen LogP contribution in [0.5, 0.6) is 0 Å². The van der Waals surface area contributed by atoms with E-state index in [9.17, 15) is 0 Å². The minimum Gasteiger partial charge on any atom is -0.458 e. The van der Waals surface area contributed by atoms with Crippen LogP contribution in [0, 0.1) is 6.92 Å². The number of hydrogen-bond donors (Lipinski definition) is 0. The molecule has 0 bridgehead atoms. The van der Waals surface area contributed by atoms with Gasteiger partial charge >= 0.3 is 0 Å². The van der Waals surface area contributed by atoms with E-state index in [0.717, 1.165) is 18.0 Å². The van der Waals surface area contributed by atoms with Crippen molar-refractivity contribution in [3.8, 4) is 0 Å². The Morgan fingerprint density at radius 2 is 2.00 bits per heavy atom. The van der Waals surface area contributed by atoms with Gasteiger partial charge in [-0.25, -0.2) is 0 Å². The van der Waals surface area contributed by atoms with E-state index in [1.54, 1.807) is 0 Å². The van der Waals surface area contributed by atoms with E-state index < -0.39 is 0 Å². The molecule has 14 heavy (non-hydrogen) atoms. The largest absolute Gasteiger partial charge is 0.458 e. The van der Waals surface area contributed by atoms with Crippen LogP contribution in [-0.2, 0) is 10.3 Å². The first-order chi connectivity index (χ1) is 6.71. The van der Waals surface area contributed by atoms with Gasteiger partial charge in [0.1, 0.15) is 16.9 Å². The second-order valence-corrected chi connectivity index (χ2v) is 4.07. The fraction of sp³-hybridized carbons (Fsp3) is 0.333. The zero-order chi connectivity index (χ0) is 9.76. The predicted octanol–water partition coefficient (Wildman–Crippen LogP) is 2.99. The van der Waals surface area contributed by atoms with E-state index in [-0.39, 0.29) is 5.60 Å². The molecule has 1 atom stereocenters. The Morgan fingerprint density at radius 1 is 1.29 bits per heavy atom. The highest BCUT2D eigenvalue weighted by molar-refractivity contribution is 5.82. The molecule has 0 N–H and O–H groups in total. The average Bonchev–Trinajstić information content (AvgIpc) is 2.84. The van der Waals surface area contributed by atoms with Crippen molar-refractivity contribution in [3.05, 3.63) is 35.6 Å². The molecule has 2 nitrogen and oxygen atoms in total. The summed E-state index contributed by atoms with van der Waals surface area (Å²) >= 11 is 0. The summed E-state index contributed by atoms with van der Waals surface area (Å²) < 4.78 is 11.2. The summed E-state index contributed by atoms with van der Waals surface area (Å²) in [6.45, 7) is 4.93. The molecule has 1 fully saturated rings. The topological polar surface area (TPSA) is 25.7 Å². The van der Waals surface area contributed by atoms with Crippen molar-refractivity contribution in [2.45, 2.75) is 19.4 Å². The summed E-state index contributed by atoms with van der Waals surface area (Å²) in [4.78, 5) is 0. The van der Waals surface area contributed by atoms with Gasteiger partial charge in [0, 0.05) is 10.9 Å². The first-order valence-corrected chi connectivity index (χ1v) is 4.83. The molecule has 0 amide bonds. The third-order valence-corrected chi connectivity index (χ3v) is 2.90. The van der Waals surface area contributed by atoms with Crippen LogP contribution in [0.15, 0.2) is 28.7 Å². The second-order valence-electron chi connectivity index (χ2n) is 4.07. The molecule has 1 unspecified atom stereocenters. The SMILES string of the molecule is Cc1c(C2(C)CO2)oc2ccccc12. The van der Waals surface area contributed by atoms with E-state index in [2.05, 4.69) is 19.9 Å². The van der Waals surface area contributed by atoms with Gasteiger partial charge in [0.05, 0.1) is 6.61 Å². The van der Waals surface area contributed by atoms with Crippen molar-refractivity contribution < 1.29 is 9.15 Å². The molecule has 72 valence electrons. The third kappa shape index (κ3) is 0.946. The van der Waals surface area contributed by atoms with Crippen LogP contribution in [0.1, 0.15) is 18.2 Å². The van der Waals surface area contributed by atoms with Crippen molar-refractivity contribution in [2.75, 3.05) is 6.61 Å². The maximum atomic E-state index is 5.80. The Labute approximate surface area is 82.5 Å². The highest BCUT2D eigenvalue weighted by atomic mass is 16.6. The van der Waals surface area contributed by atoms with Crippen LogP contribution in [-0.4, -0.2) is 6.61 Å². The molecule has 2 heteroatoms. The highest BCUT2D eigenvalue weighted by Gasteiger charge is 2.45. The van der Waals surface area contributed by atoms with Gasteiger partial charge in [-0.05, 0) is 19.9 Å².